The minimum Gasteiger partial charge on any atom is -0.335 e. The number of benzene rings is 1. The molecule has 0 bridgehead atoms. The third-order valence-corrected chi connectivity index (χ3v) is 6.43. The molecule has 0 amide bonds. The van der Waals surface area contributed by atoms with Gasteiger partial charge in [0.2, 0.25) is 10.0 Å². The molecule has 0 saturated heterocycles. The molecule has 3 N–H and O–H groups in total. The van der Waals surface area contributed by atoms with Crippen molar-refractivity contribution >= 4 is 22.2 Å². The average Bonchev–Trinajstić information content (AvgIpc) is 3.11. The number of hydrogen-bond acceptors (Lipinski definition) is 6. The summed E-state index contributed by atoms with van der Waals surface area (Å²) < 4.78 is 32.2. The highest BCUT2D eigenvalue weighted by Gasteiger charge is 2.35. The summed E-state index contributed by atoms with van der Waals surface area (Å²) in [4.78, 5) is 4.65. The van der Waals surface area contributed by atoms with Crippen LogP contribution in [0, 0.1) is 0 Å². The summed E-state index contributed by atoms with van der Waals surface area (Å²) in [7, 11) is -3.42. The SMILES string of the molecule is NC1(c2noc(/C=C/c3ccc(S(=O)(=O)NC4CC4)cc3)n2)CCCC1. The predicted octanol–water partition coefficient (Wildman–Crippen LogP) is 2.41. The van der Waals surface area contributed by atoms with Crippen molar-refractivity contribution in [2.75, 3.05) is 0 Å². The van der Waals surface area contributed by atoms with E-state index >= 15 is 0 Å². The number of nitrogens with one attached hydrogen (secondary N) is 1. The van der Waals surface area contributed by atoms with E-state index in [9.17, 15) is 8.42 Å². The second kappa shape index (κ2) is 6.61. The van der Waals surface area contributed by atoms with Gasteiger partial charge in [-0.05, 0) is 49.5 Å². The van der Waals surface area contributed by atoms with Crippen LogP contribution in [0.5, 0.6) is 0 Å². The summed E-state index contributed by atoms with van der Waals surface area (Å²) >= 11 is 0. The van der Waals surface area contributed by atoms with Gasteiger partial charge in [0.25, 0.3) is 5.89 Å². The Morgan fingerprint density at radius 1 is 1.15 bits per heavy atom. The van der Waals surface area contributed by atoms with Crippen molar-refractivity contribution in [3.8, 4) is 0 Å². The quantitative estimate of drug-likeness (QED) is 0.803. The predicted molar refractivity (Wildman–Crippen MR) is 97.3 cm³/mol. The Morgan fingerprint density at radius 3 is 2.50 bits per heavy atom. The number of nitrogens with zero attached hydrogens (tertiary/aromatic N) is 2. The van der Waals surface area contributed by atoms with Crippen LogP contribution in [0.15, 0.2) is 33.7 Å². The first kappa shape index (κ1) is 17.4. The molecule has 0 radical (unpaired) electrons. The minimum absolute atomic E-state index is 0.0944. The van der Waals surface area contributed by atoms with E-state index in [1.807, 2.05) is 0 Å². The lowest BCUT2D eigenvalue weighted by atomic mass is 9.99. The minimum atomic E-state index is -3.42. The lowest BCUT2D eigenvalue weighted by molar-refractivity contribution is 0.364. The summed E-state index contributed by atoms with van der Waals surface area (Å²) in [5, 5.41) is 4.01. The maximum atomic E-state index is 12.2. The van der Waals surface area contributed by atoms with Gasteiger partial charge in [-0.25, -0.2) is 13.1 Å². The van der Waals surface area contributed by atoms with E-state index in [0.717, 1.165) is 44.1 Å². The number of sulfonamides is 1. The smallest absolute Gasteiger partial charge is 0.250 e. The van der Waals surface area contributed by atoms with Crippen molar-refractivity contribution in [1.29, 1.82) is 0 Å². The Kier molecular flexibility index (Phi) is 4.42. The Balaban J connectivity index is 1.45. The molecule has 8 heteroatoms. The first-order valence-electron chi connectivity index (χ1n) is 8.88. The highest BCUT2D eigenvalue weighted by Crippen LogP contribution is 2.34. The van der Waals surface area contributed by atoms with Crippen molar-refractivity contribution in [1.82, 2.24) is 14.9 Å². The van der Waals surface area contributed by atoms with Gasteiger partial charge in [0.15, 0.2) is 5.82 Å². The molecule has 1 aromatic carbocycles. The normalized spacial score (nSPS) is 20.0. The summed E-state index contributed by atoms with van der Waals surface area (Å²) in [6, 6.07) is 6.78. The van der Waals surface area contributed by atoms with Crippen LogP contribution >= 0.6 is 0 Å². The van der Waals surface area contributed by atoms with Gasteiger partial charge in [0.1, 0.15) is 0 Å². The molecule has 26 heavy (non-hydrogen) atoms. The molecule has 138 valence electrons. The molecule has 0 atom stereocenters. The van der Waals surface area contributed by atoms with Gasteiger partial charge in [0.05, 0.1) is 10.4 Å². The molecule has 2 aliphatic rings. The number of rotatable bonds is 6. The zero-order valence-corrected chi connectivity index (χ0v) is 15.2. The molecule has 2 aromatic rings. The Hall–Kier alpha value is -2.03. The van der Waals surface area contributed by atoms with Gasteiger partial charge < -0.3 is 10.3 Å². The Bertz CT molecular complexity index is 908. The van der Waals surface area contributed by atoms with E-state index in [0.29, 0.717) is 11.7 Å². The molecular weight excluding hydrogens is 352 g/mol. The van der Waals surface area contributed by atoms with Crippen LogP contribution in [0.3, 0.4) is 0 Å². The molecule has 1 aromatic heterocycles. The van der Waals surface area contributed by atoms with Crippen LogP contribution in [0.4, 0.5) is 0 Å². The monoisotopic (exact) mass is 374 g/mol. The van der Waals surface area contributed by atoms with Crippen LogP contribution < -0.4 is 10.5 Å². The molecule has 1 heterocycles. The molecule has 7 nitrogen and oxygen atoms in total. The van der Waals surface area contributed by atoms with Crippen molar-refractivity contribution in [2.45, 2.75) is 55.0 Å². The van der Waals surface area contributed by atoms with Gasteiger partial charge in [-0.3, -0.25) is 0 Å². The third kappa shape index (κ3) is 3.72. The van der Waals surface area contributed by atoms with Gasteiger partial charge >= 0.3 is 0 Å². The topological polar surface area (TPSA) is 111 Å². The zero-order valence-electron chi connectivity index (χ0n) is 14.4. The fourth-order valence-electron chi connectivity index (χ4n) is 3.15. The lowest BCUT2D eigenvalue weighted by Crippen LogP contribution is -2.34. The summed E-state index contributed by atoms with van der Waals surface area (Å²) in [5.74, 6) is 0.950. The summed E-state index contributed by atoms with van der Waals surface area (Å²) in [6.45, 7) is 0. The first-order valence-corrected chi connectivity index (χ1v) is 10.4. The third-order valence-electron chi connectivity index (χ3n) is 4.89. The van der Waals surface area contributed by atoms with Gasteiger partial charge in [-0.15, -0.1) is 0 Å². The van der Waals surface area contributed by atoms with Gasteiger partial charge in [-0.2, -0.15) is 4.98 Å². The van der Waals surface area contributed by atoms with Crippen LogP contribution in [-0.4, -0.2) is 24.6 Å². The van der Waals surface area contributed by atoms with E-state index in [2.05, 4.69) is 14.9 Å². The second-order valence-corrected chi connectivity index (χ2v) is 8.83. The van der Waals surface area contributed by atoms with Crippen LogP contribution in [0.2, 0.25) is 0 Å². The molecular formula is C18H22N4O3S. The van der Waals surface area contributed by atoms with Crippen LogP contribution in [-0.2, 0) is 15.6 Å². The van der Waals surface area contributed by atoms with E-state index in [1.165, 1.54) is 0 Å². The Morgan fingerprint density at radius 2 is 1.85 bits per heavy atom. The lowest BCUT2D eigenvalue weighted by Gasteiger charge is -2.17. The fraction of sp³-hybridized carbons (Fsp3) is 0.444. The maximum absolute atomic E-state index is 12.2. The van der Waals surface area contributed by atoms with Gasteiger partial charge in [-0.1, -0.05) is 30.1 Å². The van der Waals surface area contributed by atoms with Crippen molar-refractivity contribution < 1.29 is 12.9 Å². The second-order valence-electron chi connectivity index (χ2n) is 7.12. The van der Waals surface area contributed by atoms with Crippen LogP contribution in [0.1, 0.15) is 55.8 Å². The maximum Gasteiger partial charge on any atom is 0.250 e. The van der Waals surface area contributed by atoms with E-state index in [4.69, 9.17) is 10.3 Å². The zero-order chi connectivity index (χ0) is 18.2. The molecule has 2 fully saturated rings. The largest absolute Gasteiger partial charge is 0.335 e. The molecule has 4 rings (SSSR count). The average molecular weight is 374 g/mol. The first-order chi connectivity index (χ1) is 12.4. The molecule has 2 saturated carbocycles. The summed E-state index contributed by atoms with van der Waals surface area (Å²) in [5.41, 5.74) is 6.70. The number of nitrogens with two attached hydrogens (primary N) is 1. The van der Waals surface area contributed by atoms with E-state index in [1.54, 1.807) is 36.4 Å². The Labute approximate surface area is 152 Å². The fourth-order valence-corrected chi connectivity index (χ4v) is 4.45. The molecule has 2 aliphatic carbocycles. The van der Waals surface area contributed by atoms with Crippen molar-refractivity contribution in [3.05, 3.63) is 41.5 Å². The van der Waals surface area contributed by atoms with Crippen LogP contribution in [0.25, 0.3) is 12.2 Å². The standard InChI is InChI=1S/C18H22N4O3S/c19-18(11-1-2-12-18)17-20-16(25-21-17)10-5-13-3-8-15(9-4-13)26(23,24)22-14-6-7-14/h3-5,8-10,14,22H,1-2,6-7,11-12,19H2/b10-5+. The number of aromatic nitrogens is 2. The number of hydrogen-bond donors (Lipinski definition) is 2. The summed E-state index contributed by atoms with van der Waals surface area (Å²) in [6.07, 6.45) is 9.26. The molecule has 0 aliphatic heterocycles. The van der Waals surface area contributed by atoms with E-state index < -0.39 is 15.6 Å². The van der Waals surface area contributed by atoms with E-state index in [-0.39, 0.29) is 10.9 Å². The van der Waals surface area contributed by atoms with Gasteiger partial charge in [0, 0.05) is 12.1 Å². The highest BCUT2D eigenvalue weighted by atomic mass is 32.2. The van der Waals surface area contributed by atoms with Crippen molar-refractivity contribution in [2.24, 2.45) is 5.73 Å². The highest BCUT2D eigenvalue weighted by molar-refractivity contribution is 7.89. The van der Waals surface area contributed by atoms with Crippen molar-refractivity contribution in [3.63, 3.8) is 0 Å². The molecule has 0 unspecified atom stereocenters. The molecule has 0 spiro atoms.